The van der Waals surface area contributed by atoms with Crippen molar-refractivity contribution >= 4 is 11.3 Å². The molecule has 1 saturated heterocycles. The predicted octanol–water partition coefficient (Wildman–Crippen LogP) is 4.40. The molecule has 0 unspecified atom stereocenters. The molecule has 0 aliphatic carbocycles. The van der Waals surface area contributed by atoms with E-state index in [1.165, 1.54) is 10.9 Å². The average molecular weight is 411 g/mol. The fourth-order valence-electron chi connectivity index (χ4n) is 3.88. The predicted molar refractivity (Wildman–Crippen MR) is 117 cm³/mol. The van der Waals surface area contributed by atoms with Crippen LogP contribution in [0.15, 0.2) is 47.8 Å². The fraction of sp³-hybridized carbons (Fsp3) is 0.391. The minimum Gasteiger partial charge on any atom is -0.302 e. The largest absolute Gasteiger partial charge is 0.302 e. The van der Waals surface area contributed by atoms with Gasteiger partial charge in [-0.15, -0.1) is 11.3 Å². The maximum absolute atomic E-state index is 13.4. The van der Waals surface area contributed by atoms with Gasteiger partial charge in [-0.2, -0.15) is 0 Å². The number of hydrogen-bond donors (Lipinski definition) is 0. The van der Waals surface area contributed by atoms with Crippen LogP contribution in [0.1, 0.15) is 23.5 Å². The van der Waals surface area contributed by atoms with Crippen molar-refractivity contribution in [3.05, 3.63) is 70.7 Å². The minimum absolute atomic E-state index is 0.152. The van der Waals surface area contributed by atoms with E-state index in [9.17, 15) is 4.39 Å². The van der Waals surface area contributed by atoms with Gasteiger partial charge in [-0.05, 0) is 61.6 Å². The molecular formula is C23H27FN4S. The van der Waals surface area contributed by atoms with Crippen LogP contribution < -0.4 is 0 Å². The number of thiophene rings is 1. The summed E-state index contributed by atoms with van der Waals surface area (Å²) in [7, 11) is 0. The van der Waals surface area contributed by atoms with E-state index in [0.29, 0.717) is 0 Å². The van der Waals surface area contributed by atoms with Crippen molar-refractivity contribution < 1.29 is 4.39 Å². The topological polar surface area (TPSA) is 32.3 Å². The van der Waals surface area contributed by atoms with E-state index in [4.69, 9.17) is 0 Å². The molecule has 1 aromatic carbocycles. The van der Waals surface area contributed by atoms with Crippen LogP contribution in [-0.4, -0.2) is 52.5 Å². The Balaban J connectivity index is 1.32. The van der Waals surface area contributed by atoms with Gasteiger partial charge in [0.15, 0.2) is 0 Å². The lowest BCUT2D eigenvalue weighted by atomic mass is 10.2. The molecule has 1 aliphatic rings. The van der Waals surface area contributed by atoms with Gasteiger partial charge < -0.3 is 4.90 Å². The maximum atomic E-state index is 13.4. The van der Waals surface area contributed by atoms with Crippen LogP contribution in [-0.2, 0) is 13.0 Å². The van der Waals surface area contributed by atoms with Crippen LogP contribution >= 0.6 is 11.3 Å². The third-order valence-corrected chi connectivity index (χ3v) is 6.22. The van der Waals surface area contributed by atoms with Crippen LogP contribution in [0.4, 0.5) is 4.39 Å². The first-order valence-corrected chi connectivity index (χ1v) is 11.1. The van der Waals surface area contributed by atoms with Gasteiger partial charge in [0.1, 0.15) is 11.6 Å². The van der Waals surface area contributed by atoms with Crippen LogP contribution in [0.2, 0.25) is 0 Å². The van der Waals surface area contributed by atoms with Crippen molar-refractivity contribution in [1.82, 2.24) is 19.8 Å². The van der Waals surface area contributed by atoms with Crippen LogP contribution in [0, 0.1) is 12.7 Å². The Bertz CT molecular complexity index is 928. The molecule has 6 heteroatoms. The first-order chi connectivity index (χ1) is 14.2. The lowest BCUT2D eigenvalue weighted by Gasteiger charge is -2.22. The lowest BCUT2D eigenvalue weighted by Crippen LogP contribution is -2.32. The summed E-state index contributed by atoms with van der Waals surface area (Å²) in [5, 5.41) is 2.08. The van der Waals surface area contributed by atoms with Gasteiger partial charge in [0.2, 0.25) is 0 Å². The molecule has 152 valence electrons. The lowest BCUT2D eigenvalue weighted by molar-refractivity contribution is 0.252. The van der Waals surface area contributed by atoms with E-state index in [1.54, 1.807) is 23.5 Å². The van der Waals surface area contributed by atoms with E-state index >= 15 is 0 Å². The van der Waals surface area contributed by atoms with Gasteiger partial charge >= 0.3 is 0 Å². The van der Waals surface area contributed by atoms with Crippen molar-refractivity contribution in [3.63, 3.8) is 0 Å². The second kappa shape index (κ2) is 9.57. The Hall–Kier alpha value is -2.15. The van der Waals surface area contributed by atoms with E-state index in [0.717, 1.165) is 74.9 Å². The first kappa shape index (κ1) is 20.1. The molecule has 1 aliphatic heterocycles. The summed E-state index contributed by atoms with van der Waals surface area (Å²) in [5.74, 6) is 0.684. The van der Waals surface area contributed by atoms with Gasteiger partial charge in [0.05, 0.1) is 10.6 Å². The summed E-state index contributed by atoms with van der Waals surface area (Å²) >= 11 is 1.71. The molecule has 29 heavy (non-hydrogen) atoms. The summed E-state index contributed by atoms with van der Waals surface area (Å²) in [6, 6.07) is 13.3. The highest BCUT2D eigenvalue weighted by Gasteiger charge is 2.16. The van der Waals surface area contributed by atoms with E-state index in [1.807, 2.05) is 13.0 Å². The van der Waals surface area contributed by atoms with Gasteiger partial charge in [0.25, 0.3) is 0 Å². The summed E-state index contributed by atoms with van der Waals surface area (Å²) in [6.07, 6.45) is 2.07. The Morgan fingerprint density at radius 2 is 1.86 bits per heavy atom. The number of halogens is 1. The number of rotatable bonds is 6. The van der Waals surface area contributed by atoms with E-state index in [-0.39, 0.29) is 5.82 Å². The van der Waals surface area contributed by atoms with Crippen LogP contribution in [0.3, 0.4) is 0 Å². The van der Waals surface area contributed by atoms with Crippen LogP contribution in [0.25, 0.3) is 10.6 Å². The molecule has 2 aromatic heterocycles. The van der Waals surface area contributed by atoms with Crippen molar-refractivity contribution in [1.29, 1.82) is 0 Å². The molecule has 3 heterocycles. The third kappa shape index (κ3) is 5.69. The number of nitrogens with zero attached hydrogens (tertiary/aromatic N) is 4. The molecule has 4 nitrogen and oxygen atoms in total. The number of aryl methyl sites for hydroxylation is 1. The zero-order valence-corrected chi connectivity index (χ0v) is 17.7. The maximum Gasteiger partial charge on any atom is 0.126 e. The summed E-state index contributed by atoms with van der Waals surface area (Å²) in [5.41, 5.74) is 3.19. The molecule has 1 fully saturated rings. The van der Waals surface area contributed by atoms with E-state index < -0.39 is 0 Å². The van der Waals surface area contributed by atoms with Crippen molar-refractivity contribution in [2.24, 2.45) is 0 Å². The molecule has 0 radical (unpaired) electrons. The third-order valence-electron chi connectivity index (χ3n) is 5.33. The Morgan fingerprint density at radius 3 is 2.69 bits per heavy atom. The minimum atomic E-state index is -0.152. The Labute approximate surface area is 176 Å². The van der Waals surface area contributed by atoms with Crippen LogP contribution in [0.5, 0.6) is 0 Å². The normalized spacial score (nSPS) is 16.1. The Kier molecular flexibility index (Phi) is 6.64. The molecule has 0 saturated carbocycles. The van der Waals surface area contributed by atoms with Gasteiger partial charge in [0, 0.05) is 38.3 Å². The first-order valence-electron chi connectivity index (χ1n) is 10.2. The molecule has 0 N–H and O–H groups in total. The number of benzene rings is 1. The zero-order chi connectivity index (χ0) is 20.1. The highest BCUT2D eigenvalue weighted by molar-refractivity contribution is 7.13. The molecular weight excluding hydrogens is 383 g/mol. The second-order valence-corrected chi connectivity index (χ2v) is 8.57. The number of aromatic nitrogens is 2. The van der Waals surface area contributed by atoms with Gasteiger partial charge in [-0.1, -0.05) is 18.2 Å². The SMILES string of the molecule is Cc1nc(CCN2CCCN(Cc3cccc(F)c3)CC2)cc(-c2cccs2)n1. The number of hydrogen-bond acceptors (Lipinski definition) is 5. The second-order valence-electron chi connectivity index (χ2n) is 7.62. The van der Waals surface area contributed by atoms with Gasteiger partial charge in [-0.25, -0.2) is 14.4 Å². The quantitative estimate of drug-likeness (QED) is 0.603. The summed E-state index contributed by atoms with van der Waals surface area (Å²) in [4.78, 5) is 15.4. The smallest absolute Gasteiger partial charge is 0.126 e. The standard InChI is InChI=1S/C23H27FN4S/c1-18-25-21(16-22(26-18)23-7-3-14-29-23)8-11-27-9-4-10-28(13-12-27)17-19-5-2-6-20(24)15-19/h2-3,5-7,14-16H,4,8-13,17H2,1H3. The molecule has 0 bridgehead atoms. The average Bonchev–Trinajstić information content (AvgIpc) is 3.15. The monoisotopic (exact) mass is 410 g/mol. The zero-order valence-electron chi connectivity index (χ0n) is 16.9. The van der Waals surface area contributed by atoms with Crippen molar-refractivity contribution in [2.75, 3.05) is 32.7 Å². The fourth-order valence-corrected chi connectivity index (χ4v) is 4.57. The molecule has 3 aromatic rings. The highest BCUT2D eigenvalue weighted by atomic mass is 32.1. The van der Waals surface area contributed by atoms with Gasteiger partial charge in [-0.3, -0.25) is 4.90 Å². The molecule has 0 amide bonds. The Morgan fingerprint density at radius 1 is 1.00 bits per heavy atom. The van der Waals surface area contributed by atoms with Crippen molar-refractivity contribution in [3.8, 4) is 10.6 Å². The van der Waals surface area contributed by atoms with Crippen molar-refractivity contribution in [2.45, 2.75) is 26.3 Å². The molecule has 0 atom stereocenters. The summed E-state index contributed by atoms with van der Waals surface area (Å²) in [6.45, 7) is 8.01. The molecule has 0 spiro atoms. The summed E-state index contributed by atoms with van der Waals surface area (Å²) < 4.78 is 13.4. The van der Waals surface area contributed by atoms with E-state index in [2.05, 4.69) is 43.3 Å². The molecule has 4 rings (SSSR count). The highest BCUT2D eigenvalue weighted by Crippen LogP contribution is 2.23.